The van der Waals surface area contributed by atoms with Gasteiger partial charge in [0.2, 0.25) is 0 Å². The molecule has 1 saturated heterocycles. The molecule has 3 aromatic carbocycles. The molecule has 2 unspecified atom stereocenters. The fourth-order valence-electron chi connectivity index (χ4n) is 3.81. The second kappa shape index (κ2) is 12.6. The van der Waals surface area contributed by atoms with Crippen molar-refractivity contribution in [1.29, 1.82) is 0 Å². The Morgan fingerprint density at radius 3 is 1.64 bits per heavy atom. The van der Waals surface area contributed by atoms with E-state index in [1.54, 1.807) is 0 Å². The number of aliphatic hydroxyl groups excluding tert-OH is 1. The van der Waals surface area contributed by atoms with E-state index in [1.165, 1.54) is 0 Å². The quantitative estimate of drug-likeness (QED) is 0.283. The third kappa shape index (κ3) is 7.09. The van der Waals surface area contributed by atoms with Gasteiger partial charge in [-0.15, -0.1) is 0 Å². The van der Waals surface area contributed by atoms with Gasteiger partial charge in [-0.1, -0.05) is 114 Å². The monoisotopic (exact) mass is 560 g/mol. The zero-order chi connectivity index (χ0) is 22.9. The van der Waals surface area contributed by atoms with Gasteiger partial charge in [0.1, 0.15) is 18.3 Å². The molecule has 0 spiro atoms. The van der Waals surface area contributed by atoms with E-state index >= 15 is 0 Å². The van der Waals surface area contributed by atoms with Crippen LogP contribution in [0.1, 0.15) is 16.7 Å². The summed E-state index contributed by atoms with van der Waals surface area (Å²) in [5.74, 6) is 0. The summed E-state index contributed by atoms with van der Waals surface area (Å²) in [6.45, 7) is 1.61. The first-order chi connectivity index (χ1) is 16.2. The normalized spacial score (nSPS) is 25.1. The van der Waals surface area contributed by atoms with Crippen LogP contribution in [0.15, 0.2) is 91.0 Å². The topological polar surface area (TPSA) is 57.2 Å². The Bertz CT molecular complexity index is 941. The summed E-state index contributed by atoms with van der Waals surface area (Å²) in [5, 5.41) is 10.6. The summed E-state index contributed by atoms with van der Waals surface area (Å²) in [4.78, 5) is 0. The Hall–Kier alpha value is -1.81. The highest BCUT2D eigenvalue weighted by Crippen LogP contribution is 2.31. The SMILES string of the molecule is OC1O[C@H](COCc2ccccc2)[C@@H](OCc2ccccc2)[C@H](OCc2ccccc2)C1I. The Morgan fingerprint density at radius 2 is 1.12 bits per heavy atom. The minimum atomic E-state index is -0.965. The van der Waals surface area contributed by atoms with Gasteiger partial charge < -0.3 is 24.1 Å². The third-order valence-corrected chi connectivity index (χ3v) is 6.88. The molecule has 1 aliphatic heterocycles. The Labute approximate surface area is 208 Å². The van der Waals surface area contributed by atoms with Crippen LogP contribution in [-0.2, 0) is 38.8 Å². The van der Waals surface area contributed by atoms with E-state index in [9.17, 15) is 5.11 Å². The first-order valence-electron chi connectivity index (χ1n) is 11.1. The van der Waals surface area contributed by atoms with E-state index in [-0.39, 0.29) is 10.0 Å². The maximum absolute atomic E-state index is 10.6. The average molecular weight is 560 g/mol. The van der Waals surface area contributed by atoms with Crippen molar-refractivity contribution < 1.29 is 24.1 Å². The van der Waals surface area contributed by atoms with Crippen molar-refractivity contribution in [1.82, 2.24) is 0 Å². The molecule has 4 rings (SSSR count). The summed E-state index contributed by atoms with van der Waals surface area (Å²) in [7, 11) is 0. The maximum atomic E-state index is 10.6. The standard InChI is InChI=1S/C27H29IO5/c28-24-26(32-18-22-14-8-3-9-15-22)25(31-17-21-12-6-2-7-13-21)23(33-27(24)29)19-30-16-20-10-4-1-5-11-20/h1-15,23-27,29H,16-19H2/t23-,24?,25-,26-,27?/m1/s1. The fraction of sp³-hybridized carbons (Fsp3) is 0.333. The van der Waals surface area contributed by atoms with Crippen molar-refractivity contribution in [2.24, 2.45) is 0 Å². The van der Waals surface area contributed by atoms with Crippen molar-refractivity contribution >= 4 is 22.6 Å². The molecule has 1 N–H and O–H groups in total. The second-order valence-electron chi connectivity index (χ2n) is 8.03. The largest absolute Gasteiger partial charge is 0.374 e. The minimum absolute atomic E-state index is 0.280. The molecule has 5 nitrogen and oxygen atoms in total. The highest BCUT2D eigenvalue weighted by molar-refractivity contribution is 14.1. The molecule has 6 heteroatoms. The predicted octanol–water partition coefficient (Wildman–Crippen LogP) is 4.89. The van der Waals surface area contributed by atoms with Gasteiger partial charge in [0.15, 0.2) is 6.29 Å². The van der Waals surface area contributed by atoms with Gasteiger partial charge >= 0.3 is 0 Å². The summed E-state index contributed by atoms with van der Waals surface area (Å²) in [6.07, 6.45) is -2.17. The summed E-state index contributed by atoms with van der Waals surface area (Å²) in [6, 6.07) is 30.0. The molecule has 33 heavy (non-hydrogen) atoms. The lowest BCUT2D eigenvalue weighted by Crippen LogP contribution is -2.58. The summed E-state index contributed by atoms with van der Waals surface area (Å²) < 4.78 is 24.3. The third-order valence-electron chi connectivity index (χ3n) is 5.55. The summed E-state index contributed by atoms with van der Waals surface area (Å²) >= 11 is 2.19. The molecule has 1 heterocycles. The number of rotatable bonds is 10. The summed E-state index contributed by atoms with van der Waals surface area (Å²) in [5.41, 5.74) is 3.22. The van der Waals surface area contributed by atoms with Crippen LogP contribution in [0.3, 0.4) is 0 Å². The highest BCUT2D eigenvalue weighted by Gasteiger charge is 2.46. The van der Waals surface area contributed by atoms with Crippen LogP contribution in [-0.4, -0.2) is 40.2 Å². The van der Waals surface area contributed by atoms with Gasteiger partial charge in [0.25, 0.3) is 0 Å². The van der Waals surface area contributed by atoms with Gasteiger partial charge in [-0.25, -0.2) is 0 Å². The molecule has 1 aliphatic rings. The van der Waals surface area contributed by atoms with Crippen molar-refractivity contribution in [3.63, 3.8) is 0 Å². The van der Waals surface area contributed by atoms with Crippen LogP contribution in [0, 0.1) is 0 Å². The zero-order valence-electron chi connectivity index (χ0n) is 18.3. The van der Waals surface area contributed by atoms with Crippen molar-refractivity contribution in [3.05, 3.63) is 108 Å². The van der Waals surface area contributed by atoms with E-state index in [0.29, 0.717) is 26.4 Å². The first kappa shape index (κ1) is 24.3. The number of alkyl halides is 1. The molecule has 0 saturated carbocycles. The lowest BCUT2D eigenvalue weighted by atomic mass is 10.0. The molecule has 0 amide bonds. The smallest absolute Gasteiger partial charge is 0.169 e. The molecule has 0 aromatic heterocycles. The van der Waals surface area contributed by atoms with Crippen LogP contribution < -0.4 is 0 Å². The highest BCUT2D eigenvalue weighted by atomic mass is 127. The van der Waals surface area contributed by atoms with Crippen molar-refractivity contribution in [2.45, 2.75) is 48.3 Å². The van der Waals surface area contributed by atoms with Crippen LogP contribution in [0.4, 0.5) is 0 Å². The van der Waals surface area contributed by atoms with E-state index in [1.807, 2.05) is 91.0 Å². The maximum Gasteiger partial charge on any atom is 0.169 e. The van der Waals surface area contributed by atoms with Crippen LogP contribution in [0.5, 0.6) is 0 Å². The van der Waals surface area contributed by atoms with E-state index in [2.05, 4.69) is 22.6 Å². The molecule has 1 fully saturated rings. The van der Waals surface area contributed by atoms with Crippen molar-refractivity contribution in [3.8, 4) is 0 Å². The number of benzene rings is 3. The van der Waals surface area contributed by atoms with Gasteiger partial charge in [0.05, 0.1) is 30.4 Å². The molecular formula is C27H29IO5. The van der Waals surface area contributed by atoms with Crippen molar-refractivity contribution in [2.75, 3.05) is 6.61 Å². The number of halogens is 1. The second-order valence-corrected chi connectivity index (χ2v) is 9.47. The van der Waals surface area contributed by atoms with Crippen LogP contribution in [0.25, 0.3) is 0 Å². The molecule has 0 bridgehead atoms. The van der Waals surface area contributed by atoms with Gasteiger partial charge in [-0.05, 0) is 16.7 Å². The first-order valence-corrected chi connectivity index (χ1v) is 12.4. The molecular weight excluding hydrogens is 531 g/mol. The number of hydrogen-bond donors (Lipinski definition) is 1. The minimum Gasteiger partial charge on any atom is -0.374 e. The molecule has 3 aromatic rings. The van der Waals surface area contributed by atoms with Gasteiger partial charge in [0, 0.05) is 0 Å². The predicted molar refractivity (Wildman–Crippen MR) is 135 cm³/mol. The Morgan fingerprint density at radius 1 is 0.667 bits per heavy atom. The Balaban J connectivity index is 1.46. The average Bonchev–Trinajstić information content (AvgIpc) is 2.86. The Kier molecular flexibility index (Phi) is 9.28. The molecule has 174 valence electrons. The number of ether oxygens (including phenoxy) is 4. The fourth-order valence-corrected chi connectivity index (χ4v) is 4.60. The van der Waals surface area contributed by atoms with Crippen LogP contribution in [0.2, 0.25) is 0 Å². The number of aliphatic hydroxyl groups is 1. The zero-order valence-corrected chi connectivity index (χ0v) is 20.5. The molecule has 5 atom stereocenters. The molecule has 0 aliphatic carbocycles. The van der Waals surface area contributed by atoms with Crippen LogP contribution >= 0.6 is 22.6 Å². The van der Waals surface area contributed by atoms with E-state index < -0.39 is 18.5 Å². The van der Waals surface area contributed by atoms with Gasteiger partial charge in [-0.3, -0.25) is 0 Å². The lowest BCUT2D eigenvalue weighted by molar-refractivity contribution is -0.258. The molecule has 0 radical (unpaired) electrons. The van der Waals surface area contributed by atoms with E-state index in [4.69, 9.17) is 18.9 Å². The van der Waals surface area contributed by atoms with Gasteiger partial charge in [-0.2, -0.15) is 0 Å². The van der Waals surface area contributed by atoms with E-state index in [0.717, 1.165) is 16.7 Å². The lowest BCUT2D eigenvalue weighted by Gasteiger charge is -2.42. The number of hydrogen-bond acceptors (Lipinski definition) is 5.